The van der Waals surface area contributed by atoms with Gasteiger partial charge in [-0.1, -0.05) is 29.8 Å². The number of aromatic nitrogens is 2. The van der Waals surface area contributed by atoms with Gasteiger partial charge in [0.1, 0.15) is 5.82 Å². The number of aryl methyl sites for hydroxylation is 2. The van der Waals surface area contributed by atoms with E-state index in [2.05, 4.69) is 63.7 Å². The van der Waals surface area contributed by atoms with Gasteiger partial charge >= 0.3 is 0 Å². The highest BCUT2D eigenvalue weighted by Gasteiger charge is 2.16. The van der Waals surface area contributed by atoms with Crippen molar-refractivity contribution in [1.82, 2.24) is 19.4 Å². The Morgan fingerprint density at radius 1 is 0.909 bits per heavy atom. The summed E-state index contributed by atoms with van der Waals surface area (Å²) >= 11 is 0. The van der Waals surface area contributed by atoms with Crippen molar-refractivity contribution in [3.63, 3.8) is 0 Å². The van der Waals surface area contributed by atoms with Crippen molar-refractivity contribution in [3.8, 4) is 0 Å². The molecular formula is C18H26N4. The van der Waals surface area contributed by atoms with E-state index >= 15 is 0 Å². The molecule has 1 aromatic carbocycles. The Hall–Kier alpha value is -1.65. The minimum absolute atomic E-state index is 1.05. The van der Waals surface area contributed by atoms with Crippen LogP contribution in [0.1, 0.15) is 17.0 Å². The molecule has 0 spiro atoms. The molecule has 0 radical (unpaired) electrons. The van der Waals surface area contributed by atoms with E-state index in [1.165, 1.54) is 24.2 Å². The fourth-order valence-electron chi connectivity index (χ4n) is 3.01. The van der Waals surface area contributed by atoms with E-state index in [1.54, 1.807) is 0 Å². The third-order valence-corrected chi connectivity index (χ3v) is 4.57. The SMILES string of the molecule is Cc1ccc(CN2CCN(CCn3ccnc3C)CC2)cc1. The summed E-state index contributed by atoms with van der Waals surface area (Å²) < 4.78 is 2.23. The van der Waals surface area contributed by atoms with Crippen molar-refractivity contribution in [3.05, 3.63) is 53.6 Å². The number of hydrogen-bond donors (Lipinski definition) is 0. The Bertz CT molecular complexity index is 579. The van der Waals surface area contributed by atoms with Gasteiger partial charge in [-0.25, -0.2) is 4.98 Å². The van der Waals surface area contributed by atoms with E-state index in [9.17, 15) is 0 Å². The maximum Gasteiger partial charge on any atom is 0.105 e. The van der Waals surface area contributed by atoms with Gasteiger partial charge in [0.2, 0.25) is 0 Å². The third kappa shape index (κ3) is 3.96. The maximum atomic E-state index is 4.28. The zero-order valence-corrected chi connectivity index (χ0v) is 13.7. The number of hydrogen-bond acceptors (Lipinski definition) is 3. The standard InChI is InChI=1S/C18H26N4/c1-16-3-5-18(6-4-16)15-21-11-9-20(10-12-21)13-14-22-8-7-19-17(22)2/h3-8H,9-15H2,1-2H3. The quantitative estimate of drug-likeness (QED) is 0.846. The molecule has 0 N–H and O–H groups in total. The van der Waals surface area contributed by atoms with Crippen molar-refractivity contribution in [2.24, 2.45) is 0 Å². The Morgan fingerprint density at radius 2 is 1.59 bits per heavy atom. The fourth-order valence-corrected chi connectivity index (χ4v) is 3.01. The summed E-state index contributed by atoms with van der Waals surface area (Å²) in [6.07, 6.45) is 3.96. The number of rotatable bonds is 5. The topological polar surface area (TPSA) is 24.3 Å². The molecule has 4 heteroatoms. The minimum atomic E-state index is 1.05. The molecule has 0 amide bonds. The Balaban J connectivity index is 1.42. The van der Waals surface area contributed by atoms with Crippen LogP contribution in [0.2, 0.25) is 0 Å². The molecule has 1 fully saturated rings. The van der Waals surface area contributed by atoms with Crippen LogP contribution in [0.5, 0.6) is 0 Å². The second-order valence-electron chi connectivity index (χ2n) is 6.27. The van der Waals surface area contributed by atoms with E-state index in [4.69, 9.17) is 0 Å². The molecule has 0 aliphatic carbocycles. The van der Waals surface area contributed by atoms with E-state index in [1.807, 2.05) is 6.20 Å². The molecule has 0 atom stereocenters. The molecule has 1 saturated heterocycles. The zero-order chi connectivity index (χ0) is 15.4. The van der Waals surface area contributed by atoms with Crippen molar-refractivity contribution < 1.29 is 0 Å². The van der Waals surface area contributed by atoms with Crippen molar-refractivity contribution >= 4 is 0 Å². The molecule has 0 saturated carbocycles. The first-order valence-electron chi connectivity index (χ1n) is 8.19. The molecule has 1 aliphatic heterocycles. The summed E-state index contributed by atoms with van der Waals surface area (Å²) in [5.74, 6) is 1.11. The summed E-state index contributed by atoms with van der Waals surface area (Å²) in [5, 5.41) is 0. The average Bonchev–Trinajstić information content (AvgIpc) is 2.94. The van der Waals surface area contributed by atoms with Crippen LogP contribution in [-0.2, 0) is 13.1 Å². The van der Waals surface area contributed by atoms with Crippen LogP contribution in [0.15, 0.2) is 36.7 Å². The van der Waals surface area contributed by atoms with Crippen LogP contribution < -0.4 is 0 Å². The lowest BCUT2D eigenvalue weighted by Crippen LogP contribution is -2.46. The Kier molecular flexibility index (Phi) is 4.90. The second kappa shape index (κ2) is 7.07. The summed E-state index contributed by atoms with van der Waals surface area (Å²) in [6, 6.07) is 8.92. The van der Waals surface area contributed by atoms with Gasteiger partial charge in [0, 0.05) is 58.2 Å². The molecule has 0 unspecified atom stereocenters. The van der Waals surface area contributed by atoms with Crippen molar-refractivity contribution in [2.75, 3.05) is 32.7 Å². The van der Waals surface area contributed by atoms with Crippen LogP contribution in [0.3, 0.4) is 0 Å². The summed E-state index contributed by atoms with van der Waals surface area (Å²) in [5.41, 5.74) is 2.76. The monoisotopic (exact) mass is 298 g/mol. The third-order valence-electron chi connectivity index (χ3n) is 4.57. The second-order valence-corrected chi connectivity index (χ2v) is 6.27. The molecule has 22 heavy (non-hydrogen) atoms. The van der Waals surface area contributed by atoms with Gasteiger partial charge in [-0.15, -0.1) is 0 Å². The van der Waals surface area contributed by atoms with Crippen LogP contribution in [0.4, 0.5) is 0 Å². The van der Waals surface area contributed by atoms with Crippen LogP contribution in [-0.4, -0.2) is 52.1 Å². The first-order chi connectivity index (χ1) is 10.7. The largest absolute Gasteiger partial charge is 0.334 e. The molecule has 2 heterocycles. The first-order valence-corrected chi connectivity index (χ1v) is 8.19. The molecule has 2 aromatic rings. The van der Waals surface area contributed by atoms with Gasteiger partial charge in [0.05, 0.1) is 0 Å². The number of imidazole rings is 1. The lowest BCUT2D eigenvalue weighted by Gasteiger charge is -2.34. The Labute approximate surface area is 133 Å². The highest BCUT2D eigenvalue weighted by Crippen LogP contribution is 2.10. The molecule has 1 aliphatic rings. The zero-order valence-electron chi connectivity index (χ0n) is 13.7. The lowest BCUT2D eigenvalue weighted by molar-refractivity contribution is 0.124. The summed E-state index contributed by atoms with van der Waals surface area (Å²) in [4.78, 5) is 9.40. The molecule has 118 valence electrons. The van der Waals surface area contributed by atoms with Crippen LogP contribution in [0, 0.1) is 13.8 Å². The molecule has 3 rings (SSSR count). The molecule has 4 nitrogen and oxygen atoms in total. The predicted octanol–water partition coefficient (Wildman–Crippen LogP) is 2.32. The smallest absolute Gasteiger partial charge is 0.105 e. The number of piperazine rings is 1. The fraction of sp³-hybridized carbons (Fsp3) is 0.500. The van der Waals surface area contributed by atoms with Crippen LogP contribution in [0.25, 0.3) is 0 Å². The van der Waals surface area contributed by atoms with Gasteiger partial charge in [-0.3, -0.25) is 9.80 Å². The van der Waals surface area contributed by atoms with E-state index < -0.39 is 0 Å². The van der Waals surface area contributed by atoms with Crippen molar-refractivity contribution in [1.29, 1.82) is 0 Å². The summed E-state index contributed by atoms with van der Waals surface area (Å²) in [6.45, 7) is 12.1. The van der Waals surface area contributed by atoms with Crippen LogP contribution >= 0.6 is 0 Å². The van der Waals surface area contributed by atoms with Gasteiger partial charge in [0.25, 0.3) is 0 Å². The van der Waals surface area contributed by atoms with Gasteiger partial charge in [-0.05, 0) is 19.4 Å². The first kappa shape index (κ1) is 15.3. The average molecular weight is 298 g/mol. The maximum absolute atomic E-state index is 4.28. The highest BCUT2D eigenvalue weighted by molar-refractivity contribution is 5.21. The lowest BCUT2D eigenvalue weighted by atomic mass is 10.1. The number of nitrogens with zero attached hydrogens (tertiary/aromatic N) is 4. The predicted molar refractivity (Wildman–Crippen MR) is 89.9 cm³/mol. The Morgan fingerprint density at radius 3 is 2.23 bits per heavy atom. The van der Waals surface area contributed by atoms with E-state index in [0.29, 0.717) is 0 Å². The summed E-state index contributed by atoms with van der Waals surface area (Å²) in [7, 11) is 0. The normalized spacial score (nSPS) is 17.0. The van der Waals surface area contributed by atoms with Gasteiger partial charge in [-0.2, -0.15) is 0 Å². The van der Waals surface area contributed by atoms with Gasteiger partial charge in [0.15, 0.2) is 0 Å². The minimum Gasteiger partial charge on any atom is -0.334 e. The molecule has 0 bridgehead atoms. The van der Waals surface area contributed by atoms with E-state index in [0.717, 1.165) is 38.5 Å². The highest BCUT2D eigenvalue weighted by atomic mass is 15.3. The van der Waals surface area contributed by atoms with E-state index in [-0.39, 0.29) is 0 Å². The molecular weight excluding hydrogens is 272 g/mol. The van der Waals surface area contributed by atoms with Crippen molar-refractivity contribution in [2.45, 2.75) is 26.9 Å². The molecule has 1 aromatic heterocycles. The number of benzene rings is 1. The van der Waals surface area contributed by atoms with Gasteiger partial charge < -0.3 is 4.57 Å².